The summed E-state index contributed by atoms with van der Waals surface area (Å²) in [5.74, 6) is -2.29. The molecule has 0 saturated carbocycles. The summed E-state index contributed by atoms with van der Waals surface area (Å²) < 4.78 is 41.9. The third-order valence-corrected chi connectivity index (χ3v) is 5.64. The van der Waals surface area contributed by atoms with Gasteiger partial charge in [-0.2, -0.15) is 0 Å². The van der Waals surface area contributed by atoms with Gasteiger partial charge in [-0.05, 0) is 49.7 Å². The van der Waals surface area contributed by atoms with E-state index in [-0.39, 0.29) is 5.56 Å². The predicted molar refractivity (Wildman–Crippen MR) is 87.8 cm³/mol. The van der Waals surface area contributed by atoms with Crippen molar-refractivity contribution in [1.29, 1.82) is 0 Å². The molecule has 0 unspecified atom stereocenters. The molecule has 0 bridgehead atoms. The van der Waals surface area contributed by atoms with Gasteiger partial charge in [0.2, 0.25) is 0 Å². The average Bonchev–Trinajstić information content (AvgIpc) is 2.45. The van der Waals surface area contributed by atoms with Gasteiger partial charge >= 0.3 is 5.97 Å². The van der Waals surface area contributed by atoms with E-state index in [0.717, 1.165) is 22.2 Å². The Morgan fingerprint density at radius 3 is 2.43 bits per heavy atom. The van der Waals surface area contributed by atoms with E-state index in [9.17, 15) is 17.6 Å². The summed E-state index contributed by atoms with van der Waals surface area (Å²) in [4.78, 5) is 10.6. The lowest BCUT2D eigenvalue weighted by Gasteiger charge is -2.12. The smallest absolute Gasteiger partial charge is 0.335 e. The summed E-state index contributed by atoms with van der Waals surface area (Å²) in [6, 6.07) is 6.55. The van der Waals surface area contributed by atoms with Gasteiger partial charge in [-0.3, -0.25) is 4.72 Å². The largest absolute Gasteiger partial charge is 0.478 e. The molecule has 0 aliphatic carbocycles. The fraction of sp³-hybridized carbons (Fsp3) is 0.133. The molecule has 0 amide bonds. The summed E-state index contributed by atoms with van der Waals surface area (Å²) in [5.41, 5.74) is 0.537. The van der Waals surface area contributed by atoms with Gasteiger partial charge in [-0.15, -0.1) is 0 Å². The summed E-state index contributed by atoms with van der Waals surface area (Å²) in [7, 11) is -4.12. The number of hydrogen-bond acceptors (Lipinski definition) is 3. The molecule has 0 aromatic heterocycles. The molecule has 0 saturated heterocycles. The molecule has 122 valence electrons. The van der Waals surface area contributed by atoms with Gasteiger partial charge in [-0.25, -0.2) is 17.6 Å². The number of benzene rings is 2. The van der Waals surface area contributed by atoms with E-state index in [1.54, 1.807) is 25.1 Å². The number of carbonyl (C=O) groups is 1. The fourth-order valence-electron chi connectivity index (χ4n) is 1.97. The highest BCUT2D eigenvalue weighted by atomic mass is 79.9. The third-order valence-electron chi connectivity index (χ3n) is 3.24. The standard InChI is InChI=1S/C15H13BrFNO4S/c1-8-5-11(3-4-12(8)16)18-23(21,22)14-7-10(15(19)20)6-13(17)9(14)2/h3-7,18H,1-2H3,(H,19,20). The van der Waals surface area contributed by atoms with Crippen molar-refractivity contribution in [2.45, 2.75) is 18.7 Å². The van der Waals surface area contributed by atoms with Crippen molar-refractivity contribution in [3.05, 3.63) is 57.3 Å². The number of carboxylic acid groups (broad SMARTS) is 1. The molecule has 23 heavy (non-hydrogen) atoms. The number of carboxylic acids is 1. The molecule has 0 radical (unpaired) electrons. The summed E-state index contributed by atoms with van der Waals surface area (Å²) in [6.07, 6.45) is 0. The summed E-state index contributed by atoms with van der Waals surface area (Å²) in [5, 5.41) is 8.96. The van der Waals surface area contributed by atoms with E-state index in [1.165, 1.54) is 6.92 Å². The van der Waals surface area contributed by atoms with Crippen molar-refractivity contribution < 1.29 is 22.7 Å². The van der Waals surface area contributed by atoms with Gasteiger partial charge in [0.15, 0.2) is 0 Å². The zero-order valence-electron chi connectivity index (χ0n) is 12.2. The lowest BCUT2D eigenvalue weighted by atomic mass is 10.1. The van der Waals surface area contributed by atoms with Crippen molar-refractivity contribution in [2.75, 3.05) is 4.72 Å². The Morgan fingerprint density at radius 1 is 1.22 bits per heavy atom. The lowest BCUT2D eigenvalue weighted by molar-refractivity contribution is 0.0696. The van der Waals surface area contributed by atoms with Crippen LogP contribution in [0.5, 0.6) is 0 Å². The van der Waals surface area contributed by atoms with Crippen molar-refractivity contribution in [3.8, 4) is 0 Å². The molecular weight excluding hydrogens is 389 g/mol. The van der Waals surface area contributed by atoms with Crippen LogP contribution >= 0.6 is 15.9 Å². The van der Waals surface area contributed by atoms with E-state index in [2.05, 4.69) is 20.7 Å². The summed E-state index contributed by atoms with van der Waals surface area (Å²) in [6.45, 7) is 3.07. The first-order chi connectivity index (χ1) is 10.6. The second-order valence-corrected chi connectivity index (χ2v) is 7.46. The van der Waals surface area contributed by atoms with Crippen LogP contribution in [0.2, 0.25) is 0 Å². The minimum Gasteiger partial charge on any atom is -0.478 e. The molecule has 0 spiro atoms. The quantitative estimate of drug-likeness (QED) is 0.817. The highest BCUT2D eigenvalue weighted by Crippen LogP contribution is 2.25. The van der Waals surface area contributed by atoms with Crippen LogP contribution in [0.15, 0.2) is 39.7 Å². The van der Waals surface area contributed by atoms with Crippen molar-refractivity contribution in [1.82, 2.24) is 0 Å². The number of aromatic carboxylic acids is 1. The second kappa shape index (κ2) is 6.29. The molecule has 2 N–H and O–H groups in total. The maximum absolute atomic E-state index is 13.8. The molecular formula is C15H13BrFNO4S. The van der Waals surface area contributed by atoms with Crippen molar-refractivity contribution >= 4 is 37.6 Å². The Kier molecular flexibility index (Phi) is 4.76. The molecule has 2 aromatic carbocycles. The number of halogens is 2. The number of aryl methyl sites for hydroxylation is 1. The van der Waals surface area contributed by atoms with Crippen LogP contribution in [-0.4, -0.2) is 19.5 Å². The molecule has 2 aromatic rings. The predicted octanol–water partition coefficient (Wildman–Crippen LogP) is 3.70. The normalized spacial score (nSPS) is 11.3. The lowest BCUT2D eigenvalue weighted by Crippen LogP contribution is -2.16. The van der Waals surface area contributed by atoms with E-state index in [0.29, 0.717) is 5.69 Å². The maximum Gasteiger partial charge on any atom is 0.335 e. The number of hydrogen-bond donors (Lipinski definition) is 2. The van der Waals surface area contributed by atoms with Gasteiger partial charge in [0.05, 0.1) is 10.5 Å². The van der Waals surface area contributed by atoms with Gasteiger partial charge in [0, 0.05) is 15.7 Å². The maximum atomic E-state index is 13.8. The minimum absolute atomic E-state index is 0.142. The van der Waals surface area contributed by atoms with Crippen LogP contribution in [-0.2, 0) is 10.0 Å². The Hall–Kier alpha value is -1.93. The van der Waals surface area contributed by atoms with E-state index in [4.69, 9.17) is 5.11 Å². The first kappa shape index (κ1) is 17.4. The second-order valence-electron chi connectivity index (χ2n) is 4.96. The highest BCUT2D eigenvalue weighted by molar-refractivity contribution is 9.10. The van der Waals surface area contributed by atoms with Gasteiger partial charge in [-0.1, -0.05) is 15.9 Å². The molecule has 2 rings (SSSR count). The fourth-order valence-corrected chi connectivity index (χ4v) is 3.55. The topological polar surface area (TPSA) is 83.5 Å². The van der Waals surface area contributed by atoms with Crippen LogP contribution in [0, 0.1) is 19.7 Å². The number of rotatable bonds is 4. The third kappa shape index (κ3) is 3.70. The van der Waals surface area contributed by atoms with Gasteiger partial charge < -0.3 is 5.11 Å². The first-order valence-electron chi connectivity index (χ1n) is 6.44. The SMILES string of the molecule is Cc1cc(NS(=O)(=O)c2cc(C(=O)O)cc(F)c2C)ccc1Br. The molecule has 8 heteroatoms. The molecule has 0 heterocycles. The van der Waals surface area contributed by atoms with Crippen LogP contribution in [0.3, 0.4) is 0 Å². The van der Waals surface area contributed by atoms with E-state index < -0.39 is 32.3 Å². The van der Waals surface area contributed by atoms with Crippen molar-refractivity contribution in [2.24, 2.45) is 0 Å². The monoisotopic (exact) mass is 401 g/mol. The highest BCUT2D eigenvalue weighted by Gasteiger charge is 2.22. The Morgan fingerprint density at radius 2 is 1.87 bits per heavy atom. The van der Waals surface area contributed by atoms with E-state index >= 15 is 0 Å². The van der Waals surface area contributed by atoms with E-state index in [1.807, 2.05) is 0 Å². The summed E-state index contributed by atoms with van der Waals surface area (Å²) >= 11 is 3.31. The zero-order chi connectivity index (χ0) is 17.4. The van der Waals surface area contributed by atoms with Crippen LogP contribution in [0.25, 0.3) is 0 Å². The van der Waals surface area contributed by atoms with Crippen LogP contribution < -0.4 is 4.72 Å². The molecule has 0 fully saturated rings. The number of nitrogens with one attached hydrogen (secondary N) is 1. The van der Waals surface area contributed by atoms with Crippen LogP contribution in [0.4, 0.5) is 10.1 Å². The van der Waals surface area contributed by atoms with Crippen molar-refractivity contribution in [3.63, 3.8) is 0 Å². The average molecular weight is 402 g/mol. The number of anilines is 1. The first-order valence-corrected chi connectivity index (χ1v) is 8.72. The Labute approximate surface area is 141 Å². The molecule has 0 aliphatic rings. The number of sulfonamides is 1. The van der Waals surface area contributed by atoms with Gasteiger partial charge in [0.1, 0.15) is 5.82 Å². The minimum atomic E-state index is -4.12. The Balaban J connectivity index is 2.51. The molecule has 5 nitrogen and oxygen atoms in total. The molecule has 0 atom stereocenters. The molecule has 0 aliphatic heterocycles. The van der Waals surface area contributed by atoms with Gasteiger partial charge in [0.25, 0.3) is 10.0 Å². The zero-order valence-corrected chi connectivity index (χ0v) is 14.6. The Bertz CT molecular complexity index is 897. The van der Waals surface area contributed by atoms with Crippen LogP contribution in [0.1, 0.15) is 21.5 Å².